The van der Waals surface area contributed by atoms with E-state index in [2.05, 4.69) is 10.7 Å². The molecule has 4 N–H and O–H groups in total. The van der Waals surface area contributed by atoms with E-state index in [0.29, 0.717) is 13.1 Å². The van der Waals surface area contributed by atoms with E-state index in [1.54, 1.807) is 6.92 Å². The largest absolute Gasteiger partial charge is 0.394 e. The van der Waals surface area contributed by atoms with Crippen molar-refractivity contribution in [2.45, 2.75) is 25.8 Å². The number of hydrogen-bond acceptors (Lipinski definition) is 5. The first-order valence-corrected chi connectivity index (χ1v) is 4.43. The summed E-state index contributed by atoms with van der Waals surface area (Å²) in [4.78, 5) is 10.2. The average Bonchev–Trinajstić information content (AvgIpc) is 2.17. The van der Waals surface area contributed by atoms with Gasteiger partial charge in [-0.3, -0.25) is 0 Å². The Morgan fingerprint density at radius 3 is 2.77 bits per heavy atom. The van der Waals surface area contributed by atoms with Gasteiger partial charge in [-0.2, -0.15) is 5.12 Å². The topological polar surface area (TPSA) is 90.9 Å². The van der Waals surface area contributed by atoms with Crippen LogP contribution >= 0.6 is 0 Å². The average molecular weight is 190 g/mol. The van der Waals surface area contributed by atoms with Crippen LogP contribution in [0, 0.1) is 4.91 Å². The van der Waals surface area contributed by atoms with E-state index in [4.69, 9.17) is 10.8 Å². The van der Waals surface area contributed by atoms with Crippen molar-refractivity contribution >= 4 is 0 Å². The number of aliphatic hydroxyl groups excluding tert-OH is 1. The van der Waals surface area contributed by atoms with E-state index in [-0.39, 0.29) is 12.6 Å². The van der Waals surface area contributed by atoms with Gasteiger partial charge in [0.15, 0.2) is 0 Å². The summed E-state index contributed by atoms with van der Waals surface area (Å²) < 4.78 is 0. The van der Waals surface area contributed by atoms with E-state index in [0.717, 1.165) is 18.0 Å². The second-order valence-electron chi connectivity index (χ2n) is 2.86. The molecule has 0 heterocycles. The Morgan fingerprint density at radius 2 is 2.31 bits per heavy atom. The number of nitrogens with one attached hydrogen (secondary N) is 1. The second kappa shape index (κ2) is 7.90. The molecule has 0 saturated heterocycles. The van der Waals surface area contributed by atoms with Crippen LogP contribution in [0.3, 0.4) is 0 Å². The maximum Gasteiger partial charge on any atom is 0.0877 e. The Kier molecular flexibility index (Phi) is 7.47. The molecule has 0 aromatic heterocycles. The highest BCUT2D eigenvalue weighted by atomic mass is 16.3. The molecule has 0 saturated carbocycles. The van der Waals surface area contributed by atoms with Crippen molar-refractivity contribution in [1.82, 2.24) is 10.5 Å². The van der Waals surface area contributed by atoms with E-state index >= 15 is 0 Å². The number of nitroso groups, excluding NO2 is 1. The molecule has 0 spiro atoms. The van der Waals surface area contributed by atoms with Crippen LogP contribution in [0.2, 0.25) is 0 Å². The predicted octanol–water partition coefficient (Wildman–Crippen LogP) is -0.406. The quantitative estimate of drug-likeness (QED) is 0.275. The van der Waals surface area contributed by atoms with Gasteiger partial charge in [0, 0.05) is 6.54 Å². The van der Waals surface area contributed by atoms with Crippen molar-refractivity contribution in [3.8, 4) is 0 Å². The van der Waals surface area contributed by atoms with Crippen molar-refractivity contribution in [2.75, 3.05) is 19.7 Å². The number of hydrazine groups is 1. The van der Waals surface area contributed by atoms with E-state index in [9.17, 15) is 4.91 Å². The van der Waals surface area contributed by atoms with E-state index in [1.807, 2.05) is 0 Å². The Balaban J connectivity index is 3.53. The van der Waals surface area contributed by atoms with Crippen LogP contribution in [0.1, 0.15) is 19.8 Å². The van der Waals surface area contributed by atoms with Gasteiger partial charge in [0.25, 0.3) is 0 Å². The summed E-state index contributed by atoms with van der Waals surface area (Å²) in [7, 11) is 0. The van der Waals surface area contributed by atoms with Gasteiger partial charge in [0.05, 0.1) is 17.9 Å². The smallest absolute Gasteiger partial charge is 0.0877 e. The molecule has 0 radical (unpaired) electrons. The van der Waals surface area contributed by atoms with Crippen molar-refractivity contribution < 1.29 is 5.11 Å². The molecule has 0 rings (SSSR count). The maximum absolute atomic E-state index is 10.2. The minimum absolute atomic E-state index is 0.102. The number of nitrogens with zero attached hydrogens (tertiary/aromatic N) is 2. The van der Waals surface area contributed by atoms with Gasteiger partial charge >= 0.3 is 0 Å². The fraction of sp³-hybridized carbons (Fsp3) is 1.00. The monoisotopic (exact) mass is 190 g/mol. The third-order valence-electron chi connectivity index (χ3n) is 1.67. The van der Waals surface area contributed by atoms with Gasteiger partial charge in [-0.15, -0.1) is 4.91 Å². The highest BCUT2D eigenvalue weighted by Crippen LogP contribution is 1.94. The molecule has 13 heavy (non-hydrogen) atoms. The van der Waals surface area contributed by atoms with Gasteiger partial charge in [-0.1, -0.05) is 0 Å². The lowest BCUT2D eigenvalue weighted by Gasteiger charge is -2.21. The Bertz CT molecular complexity index is 134. The second-order valence-corrected chi connectivity index (χ2v) is 2.86. The molecule has 0 aliphatic carbocycles. The van der Waals surface area contributed by atoms with Crippen molar-refractivity contribution in [1.29, 1.82) is 0 Å². The number of hydrogen-bond donors (Lipinski definition) is 3. The Morgan fingerprint density at radius 1 is 1.62 bits per heavy atom. The summed E-state index contributed by atoms with van der Waals surface area (Å²) in [5.74, 6) is 0. The summed E-state index contributed by atoms with van der Waals surface area (Å²) in [6.07, 6.45) is 1.80. The van der Waals surface area contributed by atoms with Crippen molar-refractivity contribution in [3.05, 3.63) is 4.91 Å². The first-order valence-electron chi connectivity index (χ1n) is 4.43. The van der Waals surface area contributed by atoms with Crippen LogP contribution in [0.15, 0.2) is 5.29 Å². The molecule has 0 amide bonds. The van der Waals surface area contributed by atoms with Gasteiger partial charge < -0.3 is 10.8 Å². The molecule has 1 atom stereocenters. The molecule has 6 nitrogen and oxygen atoms in total. The summed E-state index contributed by atoms with van der Waals surface area (Å²) in [6, 6.07) is -0.296. The molecule has 0 aliphatic heterocycles. The standard InChI is InChI=1S/C7H18N4O2/c1-7(6-12)11(10-13)9-5-3-2-4-8/h7,9,12H,2-6,8H2,1H3. The zero-order chi connectivity index (χ0) is 10.1. The molecule has 6 heteroatoms. The predicted molar refractivity (Wildman–Crippen MR) is 50.5 cm³/mol. The molecule has 0 aromatic rings. The molecule has 0 aromatic carbocycles. The lowest BCUT2D eigenvalue weighted by Crippen LogP contribution is -2.42. The lowest BCUT2D eigenvalue weighted by molar-refractivity contribution is 0.0864. The summed E-state index contributed by atoms with van der Waals surface area (Å²) in [5, 5.41) is 12.6. The number of rotatable bonds is 8. The fourth-order valence-corrected chi connectivity index (χ4v) is 0.805. The minimum Gasteiger partial charge on any atom is -0.394 e. The molecule has 0 bridgehead atoms. The molecule has 78 valence electrons. The highest BCUT2D eigenvalue weighted by Gasteiger charge is 2.10. The van der Waals surface area contributed by atoms with Gasteiger partial charge in [0.1, 0.15) is 0 Å². The zero-order valence-electron chi connectivity index (χ0n) is 7.94. The first-order chi connectivity index (χ1) is 6.26. The molecular formula is C7H18N4O2. The minimum atomic E-state index is -0.296. The number of nitrogens with two attached hydrogens (primary N) is 1. The molecular weight excluding hydrogens is 172 g/mol. The summed E-state index contributed by atoms with van der Waals surface area (Å²) >= 11 is 0. The third-order valence-corrected chi connectivity index (χ3v) is 1.67. The SMILES string of the molecule is CC(CO)N(N=O)NCCCCN. The Labute approximate surface area is 78.0 Å². The zero-order valence-corrected chi connectivity index (χ0v) is 7.94. The normalized spacial score (nSPS) is 12.5. The third kappa shape index (κ3) is 5.51. The summed E-state index contributed by atoms with van der Waals surface area (Å²) in [6.45, 7) is 2.89. The fourth-order valence-electron chi connectivity index (χ4n) is 0.805. The summed E-state index contributed by atoms with van der Waals surface area (Å²) in [5.41, 5.74) is 8.09. The van der Waals surface area contributed by atoms with Crippen LogP contribution in [0.5, 0.6) is 0 Å². The first kappa shape index (κ1) is 12.3. The van der Waals surface area contributed by atoms with E-state index < -0.39 is 0 Å². The van der Waals surface area contributed by atoms with Gasteiger partial charge in [-0.25, -0.2) is 5.43 Å². The van der Waals surface area contributed by atoms with Crippen molar-refractivity contribution in [3.63, 3.8) is 0 Å². The molecule has 1 unspecified atom stereocenters. The highest BCUT2D eigenvalue weighted by molar-refractivity contribution is 4.57. The number of aliphatic hydroxyl groups is 1. The van der Waals surface area contributed by atoms with Crippen LogP contribution in [0.25, 0.3) is 0 Å². The van der Waals surface area contributed by atoms with Gasteiger partial charge in [0.2, 0.25) is 0 Å². The van der Waals surface area contributed by atoms with E-state index in [1.165, 1.54) is 0 Å². The Hall–Kier alpha value is -0.720. The lowest BCUT2D eigenvalue weighted by atomic mass is 10.3. The van der Waals surface area contributed by atoms with Gasteiger partial charge in [-0.05, 0) is 26.3 Å². The van der Waals surface area contributed by atoms with Crippen LogP contribution in [0.4, 0.5) is 0 Å². The van der Waals surface area contributed by atoms with Crippen LogP contribution in [-0.4, -0.2) is 36.0 Å². The maximum atomic E-state index is 10.2. The molecule has 0 aliphatic rings. The van der Waals surface area contributed by atoms with Crippen LogP contribution in [-0.2, 0) is 0 Å². The molecule has 0 fully saturated rings. The van der Waals surface area contributed by atoms with Crippen molar-refractivity contribution in [2.24, 2.45) is 11.0 Å². The number of unbranched alkanes of at least 4 members (excludes halogenated alkanes) is 1. The van der Waals surface area contributed by atoms with Crippen LogP contribution < -0.4 is 11.2 Å².